The molecule has 0 saturated carbocycles. The van der Waals surface area contributed by atoms with Crippen LogP contribution in [0.2, 0.25) is 0 Å². The Bertz CT molecular complexity index is 919. The summed E-state index contributed by atoms with van der Waals surface area (Å²) in [5, 5.41) is 4.88. The summed E-state index contributed by atoms with van der Waals surface area (Å²) in [7, 11) is 1.72. The molecule has 0 aliphatic carbocycles. The topological polar surface area (TPSA) is 46.3 Å². The zero-order valence-corrected chi connectivity index (χ0v) is 15.9. The molecular formula is C20H21BrN2O2. The van der Waals surface area contributed by atoms with Crippen LogP contribution in [0, 0.1) is 0 Å². The lowest BCUT2D eigenvalue weighted by Crippen LogP contribution is -2.30. The van der Waals surface area contributed by atoms with Gasteiger partial charge in [-0.05, 0) is 55.3 Å². The van der Waals surface area contributed by atoms with Crippen LogP contribution in [0.3, 0.4) is 0 Å². The molecule has 1 unspecified atom stereocenters. The molecule has 4 nitrogen and oxygen atoms in total. The van der Waals surface area contributed by atoms with Crippen LogP contribution in [-0.2, 0) is 6.42 Å². The van der Waals surface area contributed by atoms with Gasteiger partial charge in [0.05, 0.1) is 19.8 Å². The Morgan fingerprint density at radius 3 is 2.88 bits per heavy atom. The van der Waals surface area contributed by atoms with Crippen LogP contribution < -0.4 is 14.8 Å². The summed E-state index contributed by atoms with van der Waals surface area (Å²) < 4.78 is 12.3. The molecule has 3 aromatic rings. The third kappa shape index (κ3) is 2.92. The van der Waals surface area contributed by atoms with Crippen molar-refractivity contribution in [2.75, 3.05) is 20.3 Å². The Kier molecular flexibility index (Phi) is 4.44. The fourth-order valence-electron chi connectivity index (χ4n) is 3.66. The minimum atomic E-state index is 0.0825. The van der Waals surface area contributed by atoms with Crippen LogP contribution >= 0.6 is 15.9 Å². The van der Waals surface area contributed by atoms with Crippen molar-refractivity contribution in [1.82, 2.24) is 10.3 Å². The summed E-state index contributed by atoms with van der Waals surface area (Å²) in [4.78, 5) is 3.62. The van der Waals surface area contributed by atoms with Crippen molar-refractivity contribution in [2.45, 2.75) is 19.4 Å². The maximum atomic E-state index is 5.68. The first-order valence-electron chi connectivity index (χ1n) is 8.55. The number of nitrogens with one attached hydrogen (secondary N) is 2. The number of H-pyrrole nitrogens is 1. The van der Waals surface area contributed by atoms with Gasteiger partial charge < -0.3 is 19.8 Å². The van der Waals surface area contributed by atoms with Gasteiger partial charge in [-0.25, -0.2) is 0 Å². The third-order valence-electron chi connectivity index (χ3n) is 4.74. The van der Waals surface area contributed by atoms with E-state index in [9.17, 15) is 0 Å². The highest BCUT2D eigenvalue weighted by Gasteiger charge is 2.27. The predicted molar refractivity (Wildman–Crippen MR) is 104 cm³/mol. The van der Waals surface area contributed by atoms with Gasteiger partial charge >= 0.3 is 0 Å². The average molecular weight is 401 g/mol. The summed E-state index contributed by atoms with van der Waals surface area (Å²) in [5.74, 6) is 1.81. The first-order chi connectivity index (χ1) is 12.2. The van der Waals surface area contributed by atoms with Crippen molar-refractivity contribution >= 4 is 26.8 Å². The minimum Gasteiger partial charge on any atom is -0.496 e. The number of hydrogen-bond acceptors (Lipinski definition) is 3. The van der Waals surface area contributed by atoms with Crippen LogP contribution in [0.5, 0.6) is 11.5 Å². The first kappa shape index (κ1) is 16.5. The molecule has 5 heteroatoms. The predicted octanol–water partition coefficient (Wildman–Crippen LogP) is 4.57. The van der Waals surface area contributed by atoms with Crippen molar-refractivity contribution in [2.24, 2.45) is 0 Å². The minimum absolute atomic E-state index is 0.0825. The van der Waals surface area contributed by atoms with E-state index in [0.29, 0.717) is 6.61 Å². The smallest absolute Gasteiger partial charge is 0.124 e. The summed E-state index contributed by atoms with van der Waals surface area (Å²) >= 11 is 3.58. The van der Waals surface area contributed by atoms with Gasteiger partial charge in [0.15, 0.2) is 0 Å². The summed E-state index contributed by atoms with van der Waals surface area (Å²) in [6.07, 6.45) is 0.998. The molecule has 1 aromatic heterocycles. The van der Waals surface area contributed by atoms with Crippen molar-refractivity contribution < 1.29 is 9.47 Å². The molecule has 0 radical (unpaired) electrons. The SMILES string of the molecule is CCOc1ccc2[nH]c3c(c2c1)CCNC3c1cc(Br)ccc1OC. The maximum Gasteiger partial charge on any atom is 0.124 e. The van der Waals surface area contributed by atoms with Crippen LogP contribution in [0.4, 0.5) is 0 Å². The fourth-order valence-corrected chi connectivity index (χ4v) is 4.04. The lowest BCUT2D eigenvalue weighted by atomic mass is 9.94. The second-order valence-electron chi connectivity index (χ2n) is 6.18. The number of ether oxygens (including phenoxy) is 2. The van der Waals surface area contributed by atoms with E-state index in [4.69, 9.17) is 9.47 Å². The fraction of sp³-hybridized carbons (Fsp3) is 0.300. The van der Waals surface area contributed by atoms with E-state index in [1.54, 1.807) is 7.11 Å². The van der Waals surface area contributed by atoms with Gasteiger partial charge in [-0.3, -0.25) is 0 Å². The highest BCUT2D eigenvalue weighted by Crippen LogP contribution is 2.38. The molecule has 2 N–H and O–H groups in total. The molecule has 2 heterocycles. The highest BCUT2D eigenvalue weighted by molar-refractivity contribution is 9.10. The summed E-state index contributed by atoms with van der Waals surface area (Å²) in [6, 6.07) is 12.5. The first-order valence-corrected chi connectivity index (χ1v) is 9.34. The standard InChI is InChI=1S/C20H21BrN2O2/c1-3-25-13-5-6-17-15(11-13)14-8-9-22-19(20(14)23-17)16-10-12(21)4-7-18(16)24-2/h4-7,10-11,19,22-23H,3,8-9H2,1-2H3. The summed E-state index contributed by atoms with van der Waals surface area (Å²) in [5.41, 5.74) is 4.86. The van der Waals surface area contributed by atoms with Gasteiger partial charge in [-0.2, -0.15) is 0 Å². The maximum absolute atomic E-state index is 5.68. The monoisotopic (exact) mass is 400 g/mol. The van der Waals surface area contributed by atoms with Crippen molar-refractivity contribution in [1.29, 1.82) is 0 Å². The van der Waals surface area contributed by atoms with Gasteiger partial charge in [0.2, 0.25) is 0 Å². The van der Waals surface area contributed by atoms with Gasteiger partial charge in [0.25, 0.3) is 0 Å². The molecule has 1 aliphatic rings. The number of hydrogen-bond donors (Lipinski definition) is 2. The number of benzene rings is 2. The summed E-state index contributed by atoms with van der Waals surface area (Å²) in [6.45, 7) is 3.62. The van der Waals surface area contributed by atoms with E-state index in [-0.39, 0.29) is 6.04 Å². The molecule has 0 bridgehead atoms. The average Bonchev–Trinajstić information content (AvgIpc) is 3.00. The number of aromatic nitrogens is 1. The van der Waals surface area contributed by atoms with Gasteiger partial charge in [-0.15, -0.1) is 0 Å². The number of rotatable bonds is 4. The Hall–Kier alpha value is -1.98. The van der Waals surface area contributed by atoms with Gasteiger partial charge in [0, 0.05) is 33.2 Å². The molecule has 0 fully saturated rings. The Morgan fingerprint density at radius 2 is 2.08 bits per heavy atom. The molecule has 130 valence electrons. The zero-order chi connectivity index (χ0) is 17.4. The third-order valence-corrected chi connectivity index (χ3v) is 5.23. The van der Waals surface area contributed by atoms with Gasteiger partial charge in [0.1, 0.15) is 11.5 Å². The van der Waals surface area contributed by atoms with E-state index < -0.39 is 0 Å². The van der Waals surface area contributed by atoms with Crippen LogP contribution in [0.15, 0.2) is 40.9 Å². The zero-order valence-electron chi connectivity index (χ0n) is 14.4. The molecule has 0 spiro atoms. The Morgan fingerprint density at radius 1 is 1.20 bits per heavy atom. The molecule has 1 atom stereocenters. The normalized spacial score (nSPS) is 16.7. The largest absolute Gasteiger partial charge is 0.496 e. The number of halogens is 1. The molecule has 4 rings (SSSR count). The van der Waals surface area contributed by atoms with Crippen molar-refractivity contribution in [3.05, 3.63) is 57.7 Å². The van der Waals surface area contributed by atoms with E-state index in [1.807, 2.05) is 25.1 Å². The molecule has 2 aromatic carbocycles. The van der Waals surface area contributed by atoms with Gasteiger partial charge in [-0.1, -0.05) is 15.9 Å². The molecule has 1 aliphatic heterocycles. The Labute approximate surface area is 155 Å². The second kappa shape index (κ2) is 6.73. The molecule has 25 heavy (non-hydrogen) atoms. The van der Waals surface area contributed by atoms with Crippen molar-refractivity contribution in [3.8, 4) is 11.5 Å². The molecule has 0 amide bonds. The second-order valence-corrected chi connectivity index (χ2v) is 7.10. The lowest BCUT2D eigenvalue weighted by molar-refractivity contribution is 0.340. The van der Waals surface area contributed by atoms with Crippen LogP contribution in [0.1, 0.15) is 29.8 Å². The number of aromatic amines is 1. The van der Waals surface area contributed by atoms with E-state index in [2.05, 4.69) is 44.4 Å². The van der Waals surface area contributed by atoms with Crippen LogP contribution in [-0.4, -0.2) is 25.2 Å². The van der Waals surface area contributed by atoms with E-state index in [0.717, 1.165) is 40.0 Å². The van der Waals surface area contributed by atoms with E-state index >= 15 is 0 Å². The highest BCUT2D eigenvalue weighted by atomic mass is 79.9. The van der Waals surface area contributed by atoms with Crippen LogP contribution in [0.25, 0.3) is 10.9 Å². The molecule has 0 saturated heterocycles. The molecular weight excluding hydrogens is 380 g/mol. The number of methoxy groups -OCH3 is 1. The van der Waals surface area contributed by atoms with Crippen molar-refractivity contribution in [3.63, 3.8) is 0 Å². The lowest BCUT2D eigenvalue weighted by Gasteiger charge is -2.26. The number of fused-ring (bicyclic) bond motifs is 3. The van der Waals surface area contributed by atoms with E-state index in [1.165, 1.54) is 16.6 Å². The Balaban J connectivity index is 1.85. The quantitative estimate of drug-likeness (QED) is 0.673.